The van der Waals surface area contributed by atoms with Crippen molar-refractivity contribution in [3.05, 3.63) is 26.6 Å². The van der Waals surface area contributed by atoms with Gasteiger partial charge >= 0.3 is 0 Å². The van der Waals surface area contributed by atoms with Gasteiger partial charge in [0, 0.05) is 10.8 Å². The summed E-state index contributed by atoms with van der Waals surface area (Å²) in [6, 6.07) is 0.192. The fourth-order valence-electron chi connectivity index (χ4n) is 3.17. The zero-order valence-corrected chi connectivity index (χ0v) is 14.7. The molecule has 2 aromatic rings. The molecule has 0 aliphatic heterocycles. The van der Waals surface area contributed by atoms with Gasteiger partial charge in [0.15, 0.2) is 5.82 Å². The van der Waals surface area contributed by atoms with Crippen molar-refractivity contribution in [2.75, 3.05) is 6.54 Å². The number of rotatable bonds is 4. The summed E-state index contributed by atoms with van der Waals surface area (Å²) in [7, 11) is 0. The van der Waals surface area contributed by atoms with Crippen LogP contribution in [0.3, 0.4) is 0 Å². The van der Waals surface area contributed by atoms with Gasteiger partial charge in [0.2, 0.25) is 0 Å². The summed E-state index contributed by atoms with van der Waals surface area (Å²) in [5, 5.41) is 3.11. The lowest BCUT2D eigenvalue weighted by Gasteiger charge is -2.17. The lowest BCUT2D eigenvalue weighted by Crippen LogP contribution is -2.86. The number of hydrogen-bond donors (Lipinski definition) is 2. The van der Waals surface area contributed by atoms with Crippen molar-refractivity contribution >= 4 is 21.6 Å². The van der Waals surface area contributed by atoms with Crippen LogP contribution in [0.5, 0.6) is 0 Å². The van der Waals surface area contributed by atoms with Crippen molar-refractivity contribution in [3.63, 3.8) is 0 Å². The predicted octanol–water partition coefficient (Wildman–Crippen LogP) is 2.39. The number of nitrogens with one attached hydrogen (secondary N) is 1. The Morgan fingerprint density at radius 2 is 2.18 bits per heavy atom. The highest BCUT2D eigenvalue weighted by molar-refractivity contribution is 7.18. The fraction of sp³-hybridized carbons (Fsp3) is 0.647. The van der Waals surface area contributed by atoms with Gasteiger partial charge in [-0.25, -0.2) is 4.98 Å². The van der Waals surface area contributed by atoms with Gasteiger partial charge in [-0.05, 0) is 37.7 Å². The maximum Gasteiger partial charge on any atom is 0.260 e. The first-order valence-electron chi connectivity index (χ1n) is 8.33. The number of aryl methyl sites for hydroxylation is 1. The molecule has 1 aliphatic rings. The predicted molar refractivity (Wildman–Crippen MR) is 91.5 cm³/mol. The Morgan fingerprint density at radius 3 is 2.91 bits per heavy atom. The van der Waals surface area contributed by atoms with Crippen LogP contribution in [-0.2, 0) is 12.8 Å². The molecule has 0 amide bonds. The maximum atomic E-state index is 12.6. The van der Waals surface area contributed by atoms with E-state index in [-0.39, 0.29) is 11.6 Å². The summed E-state index contributed by atoms with van der Waals surface area (Å²) >= 11 is 1.73. The van der Waals surface area contributed by atoms with Crippen LogP contribution in [0.25, 0.3) is 10.2 Å². The van der Waals surface area contributed by atoms with Crippen molar-refractivity contribution in [2.24, 2.45) is 11.8 Å². The molecule has 22 heavy (non-hydrogen) atoms. The number of aromatic nitrogens is 2. The first kappa shape index (κ1) is 15.7. The second-order valence-electron chi connectivity index (χ2n) is 7.14. The summed E-state index contributed by atoms with van der Waals surface area (Å²) in [5.41, 5.74) is 1.31. The number of nitrogens with zero attached hydrogens (tertiary/aromatic N) is 1. The molecular formula is C17H26N3OS+. The van der Waals surface area contributed by atoms with Gasteiger partial charge in [-0.15, -0.1) is 11.3 Å². The monoisotopic (exact) mass is 320 g/mol. The Hall–Kier alpha value is -1.20. The standard InChI is InChI=1S/C17H25N3OS/c1-9(2)8-18-11(4)15-19-16(21)14-12-6-5-10(3)7-13(12)22-17(14)20-15/h9-11,18H,5-8H2,1-4H3,(H,19,20,21)/p+1/t10-,11+/m0/s1. The van der Waals surface area contributed by atoms with Crippen LogP contribution in [0.15, 0.2) is 4.79 Å². The smallest absolute Gasteiger partial charge is 0.260 e. The van der Waals surface area contributed by atoms with Gasteiger partial charge in [-0.2, -0.15) is 0 Å². The number of thiophene rings is 1. The molecule has 3 rings (SSSR count). The Morgan fingerprint density at radius 1 is 1.41 bits per heavy atom. The molecule has 1 aliphatic carbocycles. The second-order valence-corrected chi connectivity index (χ2v) is 8.22. The van der Waals surface area contributed by atoms with Gasteiger partial charge in [0.25, 0.3) is 5.56 Å². The van der Waals surface area contributed by atoms with Gasteiger partial charge < -0.3 is 10.3 Å². The molecule has 120 valence electrons. The third-order valence-electron chi connectivity index (χ3n) is 4.58. The van der Waals surface area contributed by atoms with Crippen LogP contribution in [0.4, 0.5) is 0 Å². The molecule has 3 N–H and O–H groups in total. The maximum absolute atomic E-state index is 12.6. The van der Waals surface area contributed by atoms with E-state index in [1.54, 1.807) is 11.3 Å². The van der Waals surface area contributed by atoms with E-state index in [2.05, 4.69) is 38.0 Å². The van der Waals surface area contributed by atoms with E-state index >= 15 is 0 Å². The van der Waals surface area contributed by atoms with Gasteiger partial charge in [0.05, 0.1) is 11.9 Å². The molecular weight excluding hydrogens is 294 g/mol. The van der Waals surface area contributed by atoms with E-state index in [9.17, 15) is 4.79 Å². The minimum absolute atomic E-state index is 0.0526. The highest BCUT2D eigenvalue weighted by Crippen LogP contribution is 2.35. The number of fused-ring (bicyclic) bond motifs is 3. The molecule has 0 saturated heterocycles. The molecule has 2 atom stereocenters. The molecule has 0 radical (unpaired) electrons. The fourth-order valence-corrected chi connectivity index (χ4v) is 4.56. The van der Waals surface area contributed by atoms with E-state index in [0.717, 1.165) is 41.3 Å². The van der Waals surface area contributed by atoms with Crippen LogP contribution in [0.1, 0.15) is 56.4 Å². The zero-order chi connectivity index (χ0) is 15.9. The van der Waals surface area contributed by atoms with E-state index < -0.39 is 0 Å². The molecule has 0 bridgehead atoms. The molecule has 2 aromatic heterocycles. The van der Waals surface area contributed by atoms with Crippen LogP contribution in [-0.4, -0.2) is 16.5 Å². The molecule has 0 saturated carbocycles. The average molecular weight is 320 g/mol. The minimum atomic E-state index is 0.0526. The lowest BCUT2D eigenvalue weighted by atomic mass is 9.89. The van der Waals surface area contributed by atoms with Crippen molar-refractivity contribution in [3.8, 4) is 0 Å². The Labute approximate surface area is 135 Å². The molecule has 0 spiro atoms. The second kappa shape index (κ2) is 6.13. The van der Waals surface area contributed by atoms with Crippen molar-refractivity contribution in [1.29, 1.82) is 0 Å². The molecule has 0 unspecified atom stereocenters. The van der Waals surface area contributed by atoms with Crippen LogP contribution >= 0.6 is 11.3 Å². The summed E-state index contributed by atoms with van der Waals surface area (Å²) in [6.45, 7) is 9.86. The summed E-state index contributed by atoms with van der Waals surface area (Å²) in [5.74, 6) is 2.16. The topological polar surface area (TPSA) is 62.4 Å². The van der Waals surface area contributed by atoms with E-state index in [4.69, 9.17) is 4.98 Å². The Bertz CT molecular complexity index is 731. The zero-order valence-electron chi connectivity index (χ0n) is 13.9. The third kappa shape index (κ3) is 2.97. The summed E-state index contributed by atoms with van der Waals surface area (Å²) in [4.78, 5) is 22.7. The van der Waals surface area contributed by atoms with Gasteiger partial charge in [-0.1, -0.05) is 20.8 Å². The largest absolute Gasteiger partial charge is 0.338 e. The minimum Gasteiger partial charge on any atom is -0.338 e. The number of quaternary nitrogens is 1. The van der Waals surface area contributed by atoms with Crippen molar-refractivity contribution in [1.82, 2.24) is 9.97 Å². The van der Waals surface area contributed by atoms with Gasteiger partial charge in [0.1, 0.15) is 10.9 Å². The highest BCUT2D eigenvalue weighted by Gasteiger charge is 2.24. The van der Waals surface area contributed by atoms with Gasteiger partial charge in [-0.3, -0.25) is 4.79 Å². The quantitative estimate of drug-likeness (QED) is 0.908. The number of H-pyrrole nitrogens is 1. The Balaban J connectivity index is 1.97. The third-order valence-corrected chi connectivity index (χ3v) is 5.72. The van der Waals surface area contributed by atoms with Crippen molar-refractivity contribution in [2.45, 2.75) is 53.0 Å². The lowest BCUT2D eigenvalue weighted by molar-refractivity contribution is -0.698. The molecule has 0 aromatic carbocycles. The van der Waals surface area contributed by atoms with E-state index in [0.29, 0.717) is 5.92 Å². The van der Waals surface area contributed by atoms with Crippen molar-refractivity contribution < 1.29 is 5.32 Å². The highest BCUT2D eigenvalue weighted by atomic mass is 32.1. The SMILES string of the molecule is CC(C)C[NH2+][C@H](C)c1nc2sc3c(c2c(=O)[nH]1)CC[C@H](C)C3. The molecule has 0 fully saturated rings. The number of aromatic amines is 1. The van der Waals surface area contributed by atoms with E-state index in [1.165, 1.54) is 16.9 Å². The van der Waals surface area contributed by atoms with Crippen LogP contribution in [0.2, 0.25) is 0 Å². The summed E-state index contributed by atoms with van der Waals surface area (Å²) in [6.07, 6.45) is 3.30. The first-order chi connectivity index (χ1) is 10.5. The van der Waals surface area contributed by atoms with E-state index in [1.807, 2.05) is 0 Å². The normalized spacial score (nSPS) is 19.6. The molecule has 2 heterocycles. The average Bonchev–Trinajstić information content (AvgIpc) is 2.82. The number of nitrogens with two attached hydrogens (primary N) is 1. The molecule has 4 nitrogen and oxygen atoms in total. The van der Waals surface area contributed by atoms with Crippen LogP contribution in [0, 0.1) is 11.8 Å². The van der Waals surface area contributed by atoms with Crippen LogP contribution < -0.4 is 10.9 Å². The summed E-state index contributed by atoms with van der Waals surface area (Å²) < 4.78 is 0. The number of hydrogen-bond acceptors (Lipinski definition) is 3. The molecule has 5 heteroatoms. The first-order valence-corrected chi connectivity index (χ1v) is 9.15. The Kier molecular flexibility index (Phi) is 4.37.